The minimum absolute atomic E-state index is 0. The number of hydrogen-bond donors (Lipinski definition) is 0. The van der Waals surface area contributed by atoms with Crippen molar-refractivity contribution in [2.24, 2.45) is 0 Å². The van der Waals surface area contributed by atoms with Crippen LogP contribution in [-0.2, 0) is 19.1 Å². The number of allylic oxidation sites excluding steroid dienone is 2. The molecule has 4 nitrogen and oxygen atoms in total. The summed E-state index contributed by atoms with van der Waals surface area (Å²) in [5.41, 5.74) is -0.173. The van der Waals surface area contributed by atoms with Crippen molar-refractivity contribution in [1.29, 1.82) is 0 Å². The molecule has 0 aliphatic rings. The Bertz CT molecular complexity index is 655. The van der Waals surface area contributed by atoms with Gasteiger partial charge in [-0.1, -0.05) is 32.2 Å². The van der Waals surface area contributed by atoms with E-state index in [1.54, 1.807) is 34.6 Å². The van der Waals surface area contributed by atoms with Gasteiger partial charge in [-0.2, -0.15) is 0 Å². The number of halogens is 2. The number of carbonyl (C=O) groups excluding carboxylic acids is 3. The molecule has 0 N–H and O–H groups in total. The smallest absolute Gasteiger partial charge is 1.00 e. The Hall–Kier alpha value is -1.57. The van der Waals surface area contributed by atoms with Gasteiger partial charge in [0.25, 0.3) is 0 Å². The molecule has 0 aliphatic carbocycles. The molecule has 0 aliphatic heterocycles. The molecule has 0 heterocycles. The van der Waals surface area contributed by atoms with Gasteiger partial charge < -0.3 is 34.1 Å². The van der Waals surface area contributed by atoms with Gasteiger partial charge in [-0.05, 0) is 65.3 Å². The zero-order chi connectivity index (χ0) is 22.6. The van der Waals surface area contributed by atoms with Crippen LogP contribution >= 0.6 is 11.6 Å². The Balaban J connectivity index is -0.0000000696. The Kier molecular flexibility index (Phi) is 38.0. The van der Waals surface area contributed by atoms with E-state index in [-0.39, 0.29) is 45.8 Å². The molecule has 29 heavy (non-hydrogen) atoms. The first-order valence-electron chi connectivity index (χ1n) is 7.56. The van der Waals surface area contributed by atoms with Crippen LogP contribution in [0, 0.1) is 24.2 Å². The van der Waals surface area contributed by atoms with Crippen molar-refractivity contribution in [3.05, 3.63) is 56.0 Å². The first-order valence-corrected chi connectivity index (χ1v) is 7.94. The third-order valence-electron chi connectivity index (χ3n) is 2.04. The van der Waals surface area contributed by atoms with Crippen LogP contribution in [0.2, 0.25) is 0 Å². The second-order valence-corrected chi connectivity index (χ2v) is 5.32. The molecule has 0 aromatic rings. The van der Waals surface area contributed by atoms with E-state index in [4.69, 9.17) is 22.8 Å². The standard InChI is InChI=1S/C11H14O2.C4H5ClO.C4H6O.C3H3.BrH.Mg/c1-6-8-11(5,7-2)13-10(12)9(3)4;1-3(2)4(5)6;1-3-4(2)5;1-3-2;;/h7H,2-3H2,1,4-5H3;1H2,2H3;3H,1H2,2H3;1H3;1H;/q;;;-1;;+2/p-1. The first-order chi connectivity index (χ1) is 12.3. The van der Waals surface area contributed by atoms with E-state index in [1.807, 2.05) is 5.92 Å². The van der Waals surface area contributed by atoms with Gasteiger partial charge in [0.1, 0.15) is 0 Å². The van der Waals surface area contributed by atoms with Crippen molar-refractivity contribution in [2.45, 2.75) is 47.1 Å². The maximum absolute atomic E-state index is 11.2. The predicted octanol–water partition coefficient (Wildman–Crippen LogP) is 1.38. The first kappa shape index (κ1) is 41.7. The Morgan fingerprint density at radius 3 is 1.52 bits per heavy atom. The molecule has 0 radical (unpaired) electrons. The maximum Gasteiger partial charge on any atom is 2.00 e. The normalized spacial score (nSPS) is 8.90. The maximum atomic E-state index is 11.2. The summed E-state index contributed by atoms with van der Waals surface area (Å²) in [7, 11) is 0. The van der Waals surface area contributed by atoms with Crippen LogP contribution in [0.5, 0.6) is 0 Å². The van der Waals surface area contributed by atoms with Gasteiger partial charge in [-0.3, -0.25) is 9.59 Å². The molecule has 0 bridgehead atoms. The third-order valence-corrected chi connectivity index (χ3v) is 2.36. The van der Waals surface area contributed by atoms with Crippen molar-refractivity contribution in [1.82, 2.24) is 0 Å². The second kappa shape index (κ2) is 26.4. The molecule has 0 aromatic heterocycles. The van der Waals surface area contributed by atoms with E-state index >= 15 is 0 Å². The number of ketones is 1. The molecule has 1 atom stereocenters. The van der Waals surface area contributed by atoms with E-state index in [1.165, 1.54) is 19.1 Å². The summed E-state index contributed by atoms with van der Waals surface area (Å²) in [5.74, 6) is 6.98. The number of rotatable bonds is 5. The average Bonchev–Trinajstić information content (AvgIpc) is 2.56. The zero-order valence-electron chi connectivity index (χ0n) is 18.1. The summed E-state index contributed by atoms with van der Waals surface area (Å²) < 4.78 is 5.06. The van der Waals surface area contributed by atoms with Gasteiger partial charge in [0.15, 0.2) is 11.4 Å². The summed E-state index contributed by atoms with van der Waals surface area (Å²) >= 11 is 4.87. The fraction of sp³-hybridized carbons (Fsp3) is 0.318. The summed E-state index contributed by atoms with van der Waals surface area (Å²) in [6, 6.07) is 0. The SMILES string of the molecule is C=C(C)C(=O)Cl.C=CC(C)(C#CC)OC(=O)C(=C)C.C=CC(C)=O.[Br-].[C-]#CC.[Mg+2]. The molecular formula is C22H28BrClMgO4. The average molecular weight is 496 g/mol. The van der Waals surface area contributed by atoms with Crippen LogP contribution < -0.4 is 17.0 Å². The number of ether oxygens (including phenoxy) is 1. The van der Waals surface area contributed by atoms with Crippen molar-refractivity contribution >= 4 is 51.6 Å². The molecule has 0 spiro atoms. The summed E-state index contributed by atoms with van der Waals surface area (Å²) in [4.78, 5) is 30.7. The third kappa shape index (κ3) is 37.8. The van der Waals surface area contributed by atoms with Crippen molar-refractivity contribution in [3.63, 3.8) is 0 Å². The van der Waals surface area contributed by atoms with Gasteiger partial charge in [-0.25, -0.2) is 4.79 Å². The Morgan fingerprint density at radius 2 is 1.38 bits per heavy atom. The number of hydrogen-bond acceptors (Lipinski definition) is 4. The minimum Gasteiger partial charge on any atom is -1.00 e. The summed E-state index contributed by atoms with van der Waals surface area (Å²) in [6.07, 6.45) is 8.73. The fourth-order valence-corrected chi connectivity index (χ4v) is 0.646. The molecule has 0 saturated heterocycles. The Morgan fingerprint density at radius 1 is 1.07 bits per heavy atom. The van der Waals surface area contributed by atoms with Gasteiger partial charge in [0, 0.05) is 11.1 Å². The van der Waals surface area contributed by atoms with E-state index in [9.17, 15) is 14.4 Å². The topological polar surface area (TPSA) is 60.4 Å². The van der Waals surface area contributed by atoms with E-state index in [0.29, 0.717) is 11.1 Å². The Labute approximate surface area is 207 Å². The van der Waals surface area contributed by atoms with E-state index in [2.05, 4.69) is 38.2 Å². The van der Waals surface area contributed by atoms with Crippen LogP contribution in [0.15, 0.2) is 49.6 Å². The molecule has 0 rings (SSSR count). The van der Waals surface area contributed by atoms with Gasteiger partial charge in [0.05, 0.1) is 0 Å². The molecule has 156 valence electrons. The molecule has 0 saturated carbocycles. The predicted molar refractivity (Wildman–Crippen MR) is 118 cm³/mol. The quantitative estimate of drug-likeness (QED) is 0.110. The van der Waals surface area contributed by atoms with Crippen molar-refractivity contribution in [3.8, 4) is 17.8 Å². The van der Waals surface area contributed by atoms with E-state index < -0.39 is 16.8 Å². The van der Waals surface area contributed by atoms with Gasteiger partial charge in [-0.15, -0.1) is 5.92 Å². The molecule has 0 fully saturated rings. The molecule has 0 amide bonds. The van der Waals surface area contributed by atoms with Crippen LogP contribution in [0.1, 0.15) is 41.5 Å². The summed E-state index contributed by atoms with van der Waals surface area (Å²) in [6.45, 7) is 23.0. The van der Waals surface area contributed by atoms with Crippen molar-refractivity contribution in [2.75, 3.05) is 0 Å². The van der Waals surface area contributed by atoms with Gasteiger partial charge in [0.2, 0.25) is 5.24 Å². The second-order valence-electron chi connectivity index (χ2n) is 4.97. The number of carbonyl (C=O) groups is 3. The van der Waals surface area contributed by atoms with Crippen LogP contribution in [0.4, 0.5) is 0 Å². The minimum atomic E-state index is -0.912. The molecule has 1 unspecified atom stereocenters. The zero-order valence-corrected chi connectivity index (χ0v) is 21.8. The largest absolute Gasteiger partial charge is 2.00 e. The monoisotopic (exact) mass is 494 g/mol. The van der Waals surface area contributed by atoms with Crippen LogP contribution in [-0.4, -0.2) is 45.6 Å². The van der Waals surface area contributed by atoms with E-state index in [0.717, 1.165) is 0 Å². The summed E-state index contributed by atoms with van der Waals surface area (Å²) in [5, 5.41) is -0.463. The van der Waals surface area contributed by atoms with Crippen molar-refractivity contribution < 1.29 is 36.1 Å². The fourth-order valence-electron chi connectivity index (χ4n) is 0.646. The molecule has 7 heteroatoms. The molecule has 0 aromatic carbocycles. The van der Waals surface area contributed by atoms with Gasteiger partial charge >= 0.3 is 29.0 Å². The van der Waals surface area contributed by atoms with Crippen LogP contribution in [0.25, 0.3) is 0 Å². The van der Waals surface area contributed by atoms with Crippen LogP contribution in [0.3, 0.4) is 0 Å². The number of esters is 1. The molecular weight excluding hydrogens is 468 g/mol.